The minimum atomic E-state index is -0.310. The summed E-state index contributed by atoms with van der Waals surface area (Å²) in [5, 5.41) is 21.5. The van der Waals surface area contributed by atoms with E-state index in [1.54, 1.807) is 43.6 Å². The first-order valence-electron chi connectivity index (χ1n) is 10.6. The van der Waals surface area contributed by atoms with E-state index in [1.807, 2.05) is 25.1 Å². The SMILES string of the molecule is CCn1ncc(NC(=O)c2ccc3nc(-c4cc(-c5cccnc5OC)ccc4O)[nH]c3c2)n1. The van der Waals surface area contributed by atoms with Crippen LogP contribution in [0, 0.1) is 0 Å². The van der Waals surface area contributed by atoms with Crippen LogP contribution in [0.15, 0.2) is 60.9 Å². The van der Waals surface area contributed by atoms with Crippen molar-refractivity contribution in [2.75, 3.05) is 12.4 Å². The molecule has 3 heterocycles. The van der Waals surface area contributed by atoms with Crippen LogP contribution in [0.2, 0.25) is 0 Å². The van der Waals surface area contributed by atoms with E-state index in [-0.39, 0.29) is 11.7 Å². The van der Waals surface area contributed by atoms with Gasteiger partial charge in [-0.05, 0) is 55.0 Å². The number of anilines is 1. The first-order valence-corrected chi connectivity index (χ1v) is 10.6. The van der Waals surface area contributed by atoms with Gasteiger partial charge in [-0.1, -0.05) is 6.07 Å². The molecule has 0 atom stereocenters. The molecule has 10 heteroatoms. The number of benzene rings is 2. The molecule has 1 amide bonds. The summed E-state index contributed by atoms with van der Waals surface area (Å²) < 4.78 is 5.36. The van der Waals surface area contributed by atoms with Gasteiger partial charge in [0.2, 0.25) is 5.88 Å². The number of fused-ring (bicyclic) bond motifs is 1. The molecule has 5 rings (SSSR count). The molecule has 3 N–H and O–H groups in total. The Bertz CT molecular complexity index is 1510. The molecule has 2 aromatic carbocycles. The molecule has 0 unspecified atom stereocenters. The van der Waals surface area contributed by atoms with Gasteiger partial charge in [-0.2, -0.15) is 9.90 Å². The molecule has 0 fully saturated rings. The number of rotatable bonds is 6. The van der Waals surface area contributed by atoms with E-state index in [1.165, 1.54) is 11.0 Å². The standard InChI is InChI=1S/C24H21N7O3/c1-3-31-26-13-21(30-31)29-23(33)15-6-8-18-19(12-15)28-22(27-18)17-11-14(7-9-20(17)32)16-5-4-10-25-24(16)34-2/h4-13,32H,3H2,1-2H3,(H,27,28)(H,29,30,33). The monoisotopic (exact) mass is 455 g/mol. The Kier molecular flexibility index (Phi) is 5.38. The van der Waals surface area contributed by atoms with Gasteiger partial charge >= 0.3 is 0 Å². The van der Waals surface area contributed by atoms with Gasteiger partial charge in [-0.3, -0.25) is 4.79 Å². The number of carbonyl (C=O) groups is 1. The van der Waals surface area contributed by atoms with Crippen molar-refractivity contribution >= 4 is 22.8 Å². The molecule has 34 heavy (non-hydrogen) atoms. The number of hydrogen-bond acceptors (Lipinski definition) is 7. The fourth-order valence-corrected chi connectivity index (χ4v) is 3.64. The Labute approximate surface area is 194 Å². The number of hydrogen-bond donors (Lipinski definition) is 3. The number of phenols is 1. The maximum atomic E-state index is 12.7. The molecule has 170 valence electrons. The Morgan fingerprint density at radius 3 is 2.85 bits per heavy atom. The minimum Gasteiger partial charge on any atom is -0.507 e. The maximum Gasteiger partial charge on any atom is 0.256 e. The molecule has 0 saturated heterocycles. The van der Waals surface area contributed by atoms with Crippen LogP contribution in [0.3, 0.4) is 0 Å². The minimum absolute atomic E-state index is 0.0719. The highest BCUT2D eigenvalue weighted by Crippen LogP contribution is 2.35. The highest BCUT2D eigenvalue weighted by atomic mass is 16.5. The molecular formula is C24H21N7O3. The molecular weight excluding hydrogens is 434 g/mol. The van der Waals surface area contributed by atoms with Crippen LogP contribution in [-0.2, 0) is 6.54 Å². The van der Waals surface area contributed by atoms with Crippen molar-refractivity contribution in [1.82, 2.24) is 29.9 Å². The van der Waals surface area contributed by atoms with E-state index in [2.05, 4.69) is 30.5 Å². The Hall–Kier alpha value is -4.73. The average Bonchev–Trinajstić information content (AvgIpc) is 3.50. The van der Waals surface area contributed by atoms with E-state index in [4.69, 9.17) is 4.74 Å². The van der Waals surface area contributed by atoms with E-state index >= 15 is 0 Å². The van der Waals surface area contributed by atoms with Gasteiger partial charge in [0.15, 0.2) is 5.82 Å². The number of nitrogens with one attached hydrogen (secondary N) is 2. The summed E-state index contributed by atoms with van der Waals surface area (Å²) in [6.07, 6.45) is 3.16. The van der Waals surface area contributed by atoms with Crippen molar-refractivity contribution in [3.63, 3.8) is 0 Å². The Morgan fingerprint density at radius 1 is 1.18 bits per heavy atom. The first kappa shape index (κ1) is 21.1. The summed E-state index contributed by atoms with van der Waals surface area (Å²) in [6.45, 7) is 2.52. The summed E-state index contributed by atoms with van der Waals surface area (Å²) in [5.41, 5.74) is 3.88. The molecule has 0 aliphatic heterocycles. The van der Waals surface area contributed by atoms with Crippen molar-refractivity contribution < 1.29 is 14.6 Å². The van der Waals surface area contributed by atoms with Crippen molar-refractivity contribution in [2.24, 2.45) is 0 Å². The zero-order chi connectivity index (χ0) is 23.7. The zero-order valence-electron chi connectivity index (χ0n) is 18.5. The number of ether oxygens (including phenoxy) is 1. The third kappa shape index (κ3) is 3.92. The van der Waals surface area contributed by atoms with Gasteiger partial charge in [-0.25, -0.2) is 9.97 Å². The maximum absolute atomic E-state index is 12.7. The van der Waals surface area contributed by atoms with Crippen LogP contribution in [-0.4, -0.2) is 48.1 Å². The van der Waals surface area contributed by atoms with Crippen molar-refractivity contribution in [3.8, 4) is 34.1 Å². The van der Waals surface area contributed by atoms with Crippen LogP contribution in [0.4, 0.5) is 5.82 Å². The van der Waals surface area contributed by atoms with Crippen LogP contribution in [0.1, 0.15) is 17.3 Å². The third-order valence-electron chi connectivity index (χ3n) is 5.33. The summed E-state index contributed by atoms with van der Waals surface area (Å²) in [5.74, 6) is 1.10. The molecule has 5 aromatic rings. The van der Waals surface area contributed by atoms with Crippen molar-refractivity contribution in [1.29, 1.82) is 0 Å². The van der Waals surface area contributed by atoms with Crippen molar-refractivity contribution in [3.05, 3.63) is 66.5 Å². The number of nitrogens with zero attached hydrogens (tertiary/aromatic N) is 5. The summed E-state index contributed by atoms with van der Waals surface area (Å²) in [6, 6.07) is 14.1. The lowest BCUT2D eigenvalue weighted by molar-refractivity contribution is 0.102. The second-order valence-corrected chi connectivity index (χ2v) is 7.48. The number of aromatic amines is 1. The predicted octanol–water partition coefficient (Wildman–Crippen LogP) is 3.87. The van der Waals surface area contributed by atoms with E-state index in [0.717, 1.165) is 11.1 Å². The van der Waals surface area contributed by atoms with Crippen molar-refractivity contribution in [2.45, 2.75) is 13.5 Å². The fraction of sp³-hybridized carbons (Fsp3) is 0.125. The number of H-pyrrole nitrogens is 1. The number of pyridine rings is 1. The normalized spacial score (nSPS) is 11.0. The van der Waals surface area contributed by atoms with Crippen LogP contribution in [0.25, 0.3) is 33.5 Å². The number of carbonyl (C=O) groups excluding carboxylic acids is 1. The number of phenolic OH excluding ortho intramolecular Hbond substituents is 1. The van der Waals surface area contributed by atoms with Crippen LogP contribution in [0.5, 0.6) is 11.6 Å². The van der Waals surface area contributed by atoms with Crippen LogP contribution < -0.4 is 10.1 Å². The number of methoxy groups -OCH3 is 1. The van der Waals surface area contributed by atoms with E-state index in [0.29, 0.717) is 46.2 Å². The number of imidazole rings is 1. The highest BCUT2D eigenvalue weighted by molar-refractivity contribution is 6.05. The lowest BCUT2D eigenvalue weighted by Gasteiger charge is -2.09. The number of amides is 1. The Balaban J connectivity index is 1.47. The van der Waals surface area contributed by atoms with Gasteiger partial charge in [0.25, 0.3) is 5.91 Å². The van der Waals surface area contributed by atoms with Gasteiger partial charge in [0, 0.05) is 17.3 Å². The first-order chi connectivity index (χ1) is 16.6. The number of aromatic nitrogens is 6. The average molecular weight is 455 g/mol. The third-order valence-corrected chi connectivity index (χ3v) is 5.33. The zero-order valence-corrected chi connectivity index (χ0v) is 18.5. The molecule has 0 bridgehead atoms. The molecule has 0 aliphatic carbocycles. The lowest BCUT2D eigenvalue weighted by Crippen LogP contribution is -2.12. The Morgan fingerprint density at radius 2 is 2.06 bits per heavy atom. The highest BCUT2D eigenvalue weighted by Gasteiger charge is 2.15. The van der Waals surface area contributed by atoms with E-state index < -0.39 is 0 Å². The van der Waals surface area contributed by atoms with Gasteiger partial charge in [0.1, 0.15) is 11.6 Å². The topological polar surface area (TPSA) is 131 Å². The smallest absolute Gasteiger partial charge is 0.256 e. The van der Waals surface area contributed by atoms with Crippen LogP contribution >= 0.6 is 0 Å². The molecule has 0 saturated carbocycles. The van der Waals surface area contributed by atoms with Gasteiger partial charge in [0.05, 0.1) is 36.4 Å². The summed E-state index contributed by atoms with van der Waals surface area (Å²) in [7, 11) is 1.56. The van der Waals surface area contributed by atoms with Gasteiger partial charge < -0.3 is 20.1 Å². The molecule has 3 aromatic heterocycles. The second kappa shape index (κ2) is 8.66. The largest absolute Gasteiger partial charge is 0.507 e. The summed E-state index contributed by atoms with van der Waals surface area (Å²) >= 11 is 0. The lowest BCUT2D eigenvalue weighted by atomic mass is 10.0. The number of aryl methyl sites for hydroxylation is 1. The quantitative estimate of drug-likeness (QED) is 0.354. The molecule has 10 nitrogen and oxygen atoms in total. The molecule has 0 radical (unpaired) electrons. The molecule has 0 aliphatic rings. The van der Waals surface area contributed by atoms with E-state index in [9.17, 15) is 9.90 Å². The fourth-order valence-electron chi connectivity index (χ4n) is 3.64. The second-order valence-electron chi connectivity index (χ2n) is 7.48. The van der Waals surface area contributed by atoms with Gasteiger partial charge in [-0.15, -0.1) is 5.10 Å². The summed E-state index contributed by atoms with van der Waals surface area (Å²) in [4.78, 5) is 26.2. The molecule has 0 spiro atoms. The number of aromatic hydroxyl groups is 1. The predicted molar refractivity (Wildman–Crippen MR) is 127 cm³/mol.